The van der Waals surface area contributed by atoms with E-state index in [0.29, 0.717) is 49.2 Å². The summed E-state index contributed by atoms with van der Waals surface area (Å²) >= 11 is 0. The third-order valence-corrected chi connectivity index (χ3v) is 5.36. The quantitative estimate of drug-likeness (QED) is 0.300. The van der Waals surface area contributed by atoms with Crippen LogP contribution in [0.3, 0.4) is 0 Å². The van der Waals surface area contributed by atoms with Crippen LogP contribution < -0.4 is 9.47 Å². The van der Waals surface area contributed by atoms with E-state index in [1.807, 2.05) is 38.1 Å². The van der Waals surface area contributed by atoms with E-state index < -0.39 is 17.7 Å². The summed E-state index contributed by atoms with van der Waals surface area (Å²) in [6, 6.07) is 13.6. The van der Waals surface area contributed by atoms with Crippen LogP contribution in [0.1, 0.15) is 57.7 Å². The summed E-state index contributed by atoms with van der Waals surface area (Å²) in [7, 11) is 0. The lowest BCUT2D eigenvalue weighted by molar-refractivity contribution is -0.139. The number of likely N-dealkylation sites (tertiary alicyclic amines) is 1. The molecule has 6 nitrogen and oxygen atoms in total. The molecular formula is C27H33NO5. The zero-order chi connectivity index (χ0) is 24.0. The fourth-order valence-corrected chi connectivity index (χ4v) is 3.82. The van der Waals surface area contributed by atoms with E-state index in [2.05, 4.69) is 13.8 Å². The molecule has 1 saturated heterocycles. The standard InChI is InChI=1S/C27H33NO5/c1-5-14-28-24(20-8-7-9-22(16-20)33-17-18(3)4)23(26(30)27(28)31)25(29)19-10-12-21(13-11-19)32-15-6-2/h7-13,16,18,24,29H,5-6,14-15,17H2,1-4H3/b25-23-. The molecule has 33 heavy (non-hydrogen) atoms. The van der Waals surface area contributed by atoms with Gasteiger partial charge in [-0.25, -0.2) is 0 Å². The molecule has 1 N–H and O–H groups in total. The Bertz CT molecular complexity index is 1010. The van der Waals surface area contributed by atoms with E-state index in [0.717, 1.165) is 12.0 Å². The molecule has 0 bridgehead atoms. The van der Waals surface area contributed by atoms with Gasteiger partial charge in [0.2, 0.25) is 0 Å². The predicted octanol–water partition coefficient (Wildman–Crippen LogP) is 5.34. The SMILES string of the molecule is CCCOc1ccc(/C(O)=C2/C(=O)C(=O)N(CCC)C2c2cccc(OCC(C)C)c2)cc1. The number of benzene rings is 2. The summed E-state index contributed by atoms with van der Waals surface area (Å²) in [5, 5.41) is 11.1. The van der Waals surface area contributed by atoms with Crippen LogP contribution in [0.4, 0.5) is 0 Å². The number of amides is 1. The van der Waals surface area contributed by atoms with Crippen molar-refractivity contribution in [3.63, 3.8) is 0 Å². The van der Waals surface area contributed by atoms with Gasteiger partial charge in [0.1, 0.15) is 17.3 Å². The van der Waals surface area contributed by atoms with Gasteiger partial charge in [-0.1, -0.05) is 39.8 Å². The molecule has 1 amide bonds. The van der Waals surface area contributed by atoms with Crippen molar-refractivity contribution in [1.82, 2.24) is 4.90 Å². The minimum Gasteiger partial charge on any atom is -0.507 e. The average Bonchev–Trinajstić information content (AvgIpc) is 3.07. The number of carbonyl (C=O) groups is 2. The summed E-state index contributed by atoms with van der Waals surface area (Å²) in [6.07, 6.45) is 1.58. The molecule has 176 valence electrons. The first-order valence-electron chi connectivity index (χ1n) is 11.6. The van der Waals surface area contributed by atoms with Crippen molar-refractivity contribution < 1.29 is 24.2 Å². The molecule has 0 aliphatic carbocycles. The Kier molecular flexibility index (Phi) is 8.15. The highest BCUT2D eigenvalue weighted by molar-refractivity contribution is 6.46. The summed E-state index contributed by atoms with van der Waals surface area (Å²) < 4.78 is 11.5. The van der Waals surface area contributed by atoms with Gasteiger partial charge >= 0.3 is 0 Å². The average molecular weight is 452 g/mol. The number of aliphatic hydroxyl groups excluding tert-OH is 1. The van der Waals surface area contributed by atoms with Crippen molar-refractivity contribution in [2.75, 3.05) is 19.8 Å². The maximum atomic E-state index is 13.0. The molecule has 0 aromatic heterocycles. The fraction of sp³-hybridized carbons (Fsp3) is 0.407. The monoisotopic (exact) mass is 451 g/mol. The van der Waals surface area contributed by atoms with Crippen molar-refractivity contribution >= 4 is 17.4 Å². The molecular weight excluding hydrogens is 418 g/mol. The molecule has 1 aliphatic rings. The number of Topliss-reactive ketones (excluding diaryl/α,β-unsaturated/α-hetero) is 1. The summed E-state index contributed by atoms with van der Waals surface area (Å²) in [4.78, 5) is 27.4. The van der Waals surface area contributed by atoms with Crippen molar-refractivity contribution in [2.45, 2.75) is 46.6 Å². The second kappa shape index (κ2) is 11.0. The number of nitrogens with zero attached hydrogens (tertiary/aromatic N) is 1. The number of aliphatic hydroxyl groups is 1. The molecule has 1 fully saturated rings. The van der Waals surface area contributed by atoms with Crippen molar-refractivity contribution in [1.29, 1.82) is 0 Å². The second-order valence-electron chi connectivity index (χ2n) is 8.64. The first kappa shape index (κ1) is 24.4. The minimum absolute atomic E-state index is 0.0942. The number of hydrogen-bond acceptors (Lipinski definition) is 5. The van der Waals surface area contributed by atoms with Gasteiger partial charge in [0.25, 0.3) is 11.7 Å². The molecule has 0 spiro atoms. The van der Waals surface area contributed by atoms with Crippen LogP contribution in [-0.4, -0.2) is 41.5 Å². The largest absolute Gasteiger partial charge is 0.507 e. The lowest BCUT2D eigenvalue weighted by Crippen LogP contribution is -2.30. The van der Waals surface area contributed by atoms with Crippen molar-refractivity contribution in [3.05, 3.63) is 65.2 Å². The van der Waals surface area contributed by atoms with Crippen LogP contribution in [0.15, 0.2) is 54.1 Å². The normalized spacial score (nSPS) is 17.6. The first-order valence-corrected chi connectivity index (χ1v) is 11.6. The summed E-state index contributed by atoms with van der Waals surface area (Å²) in [5.74, 6) is 0.258. The predicted molar refractivity (Wildman–Crippen MR) is 128 cm³/mol. The minimum atomic E-state index is -0.677. The molecule has 2 aromatic carbocycles. The van der Waals surface area contributed by atoms with E-state index in [9.17, 15) is 14.7 Å². The van der Waals surface area contributed by atoms with Gasteiger partial charge in [0, 0.05) is 12.1 Å². The number of hydrogen-bond donors (Lipinski definition) is 1. The van der Waals surface area contributed by atoms with Crippen LogP contribution in [0.5, 0.6) is 11.5 Å². The first-order chi connectivity index (χ1) is 15.9. The molecule has 6 heteroatoms. The molecule has 1 heterocycles. The van der Waals surface area contributed by atoms with Gasteiger partial charge in [0.15, 0.2) is 0 Å². The van der Waals surface area contributed by atoms with Gasteiger partial charge in [-0.3, -0.25) is 9.59 Å². The molecule has 3 rings (SSSR count). The molecule has 0 saturated carbocycles. The van der Waals surface area contributed by atoms with Gasteiger partial charge in [-0.2, -0.15) is 0 Å². The van der Waals surface area contributed by atoms with Crippen molar-refractivity contribution in [2.24, 2.45) is 5.92 Å². The summed E-state index contributed by atoms with van der Waals surface area (Å²) in [5.41, 5.74) is 1.29. The van der Waals surface area contributed by atoms with E-state index in [1.165, 1.54) is 4.90 Å². The van der Waals surface area contributed by atoms with Crippen molar-refractivity contribution in [3.8, 4) is 11.5 Å². The Morgan fingerprint density at radius 1 is 1.00 bits per heavy atom. The number of ketones is 1. The highest BCUT2D eigenvalue weighted by Gasteiger charge is 2.45. The third-order valence-electron chi connectivity index (χ3n) is 5.36. The van der Waals surface area contributed by atoms with Crippen LogP contribution in [0, 0.1) is 5.92 Å². The van der Waals surface area contributed by atoms with Gasteiger partial charge < -0.3 is 19.5 Å². The lowest BCUT2D eigenvalue weighted by atomic mass is 9.95. The molecule has 1 atom stereocenters. The van der Waals surface area contributed by atoms with Crippen LogP contribution in [-0.2, 0) is 9.59 Å². The van der Waals surface area contributed by atoms with E-state index in [1.54, 1.807) is 24.3 Å². The van der Waals surface area contributed by atoms with Gasteiger partial charge in [-0.15, -0.1) is 0 Å². The Morgan fingerprint density at radius 2 is 1.73 bits per heavy atom. The van der Waals surface area contributed by atoms with Gasteiger partial charge in [-0.05, 0) is 60.7 Å². The Labute approximate surface area is 195 Å². The molecule has 1 aliphatic heterocycles. The second-order valence-corrected chi connectivity index (χ2v) is 8.64. The zero-order valence-corrected chi connectivity index (χ0v) is 19.8. The Balaban J connectivity index is 2.03. The van der Waals surface area contributed by atoms with E-state index in [4.69, 9.17) is 9.47 Å². The van der Waals surface area contributed by atoms with Crippen LogP contribution in [0.2, 0.25) is 0 Å². The topological polar surface area (TPSA) is 76.1 Å². The maximum Gasteiger partial charge on any atom is 0.295 e. The molecule has 0 radical (unpaired) electrons. The fourth-order valence-electron chi connectivity index (χ4n) is 3.82. The number of rotatable bonds is 10. The van der Waals surface area contributed by atoms with Crippen LogP contribution >= 0.6 is 0 Å². The maximum absolute atomic E-state index is 13.0. The Morgan fingerprint density at radius 3 is 2.36 bits per heavy atom. The smallest absolute Gasteiger partial charge is 0.295 e. The van der Waals surface area contributed by atoms with Gasteiger partial charge in [0.05, 0.1) is 24.8 Å². The zero-order valence-electron chi connectivity index (χ0n) is 19.8. The lowest BCUT2D eigenvalue weighted by Gasteiger charge is -2.25. The van der Waals surface area contributed by atoms with Crippen LogP contribution in [0.25, 0.3) is 5.76 Å². The molecule has 2 aromatic rings. The van der Waals surface area contributed by atoms with E-state index >= 15 is 0 Å². The Hall–Kier alpha value is -3.28. The number of carbonyl (C=O) groups excluding carboxylic acids is 2. The summed E-state index contributed by atoms with van der Waals surface area (Å²) in [6.45, 7) is 9.68. The number of ether oxygens (including phenoxy) is 2. The highest BCUT2D eigenvalue weighted by atomic mass is 16.5. The highest BCUT2D eigenvalue weighted by Crippen LogP contribution is 2.40. The molecule has 1 unspecified atom stereocenters. The third kappa shape index (κ3) is 5.56. The van der Waals surface area contributed by atoms with E-state index in [-0.39, 0.29) is 11.3 Å².